The maximum atomic E-state index is 4.43. The van der Waals surface area contributed by atoms with Gasteiger partial charge in [-0.1, -0.05) is 0 Å². The summed E-state index contributed by atoms with van der Waals surface area (Å²) in [6.45, 7) is 3.97. The molecule has 2 aromatic heterocycles. The van der Waals surface area contributed by atoms with Crippen LogP contribution in [0.1, 0.15) is 16.3 Å². The lowest BCUT2D eigenvalue weighted by Gasteiger charge is -2.01. The summed E-state index contributed by atoms with van der Waals surface area (Å²) in [5.41, 5.74) is 2.53. The largest absolute Gasteiger partial charge is 0.357 e. The molecule has 0 saturated heterocycles. The molecule has 2 aromatic rings. The van der Waals surface area contributed by atoms with Gasteiger partial charge in [-0.2, -0.15) is 0 Å². The molecule has 0 radical (unpaired) electrons. The second-order valence-corrected chi connectivity index (χ2v) is 5.03. The molecule has 0 fully saturated rings. The first kappa shape index (κ1) is 11.4. The summed E-state index contributed by atoms with van der Waals surface area (Å²) in [6.07, 6.45) is 5.22. The Morgan fingerprint density at radius 3 is 3.00 bits per heavy atom. The van der Waals surface area contributed by atoms with E-state index in [0.29, 0.717) is 0 Å². The number of hydrogen-bond acceptors (Lipinski definition) is 3. The van der Waals surface area contributed by atoms with Crippen molar-refractivity contribution in [3.05, 3.63) is 40.1 Å². The fraction of sp³-hybridized carbons (Fsp3) is 0.417. The van der Waals surface area contributed by atoms with Gasteiger partial charge in [-0.05, 0) is 18.6 Å². The van der Waals surface area contributed by atoms with Gasteiger partial charge in [-0.25, -0.2) is 4.98 Å². The summed E-state index contributed by atoms with van der Waals surface area (Å²) in [6, 6.07) is 2.14. The van der Waals surface area contributed by atoms with Gasteiger partial charge in [0.05, 0.1) is 10.7 Å². The second kappa shape index (κ2) is 5.27. The molecule has 0 aliphatic carbocycles. The topological polar surface area (TPSA) is 29.9 Å². The third-order valence-corrected chi connectivity index (χ3v) is 3.27. The smallest absolute Gasteiger partial charge is 0.0897 e. The SMILES string of the molecule is Cc1nc(CCNCc2ccn(C)c2)cs1. The Hall–Kier alpha value is -1.13. The quantitative estimate of drug-likeness (QED) is 0.805. The normalized spacial score (nSPS) is 10.9. The first-order chi connectivity index (χ1) is 7.74. The van der Waals surface area contributed by atoms with Gasteiger partial charge in [0.25, 0.3) is 0 Å². The maximum Gasteiger partial charge on any atom is 0.0897 e. The van der Waals surface area contributed by atoms with Crippen molar-refractivity contribution >= 4 is 11.3 Å². The van der Waals surface area contributed by atoms with E-state index in [-0.39, 0.29) is 0 Å². The number of hydrogen-bond donors (Lipinski definition) is 1. The summed E-state index contributed by atoms with van der Waals surface area (Å²) in [4.78, 5) is 4.43. The van der Waals surface area contributed by atoms with Crippen LogP contribution in [0.2, 0.25) is 0 Å². The van der Waals surface area contributed by atoms with Crippen LogP contribution in [0.25, 0.3) is 0 Å². The summed E-state index contributed by atoms with van der Waals surface area (Å²) >= 11 is 1.72. The third kappa shape index (κ3) is 3.18. The Morgan fingerprint density at radius 2 is 2.38 bits per heavy atom. The number of aromatic nitrogens is 2. The Bertz CT molecular complexity index is 402. The highest BCUT2D eigenvalue weighted by Gasteiger charge is 1.98. The number of thiazole rings is 1. The van der Waals surface area contributed by atoms with E-state index >= 15 is 0 Å². The van der Waals surface area contributed by atoms with Gasteiger partial charge in [-0.15, -0.1) is 11.3 Å². The van der Waals surface area contributed by atoms with Crippen molar-refractivity contribution in [1.29, 1.82) is 0 Å². The van der Waals surface area contributed by atoms with Crippen LogP contribution < -0.4 is 5.32 Å². The summed E-state index contributed by atoms with van der Waals surface area (Å²) in [5, 5.41) is 6.71. The Labute approximate surface area is 100 Å². The molecule has 1 N–H and O–H groups in total. The molecule has 3 nitrogen and oxygen atoms in total. The molecule has 0 unspecified atom stereocenters. The molecular formula is C12H17N3S. The van der Waals surface area contributed by atoms with Crippen LogP contribution in [-0.4, -0.2) is 16.1 Å². The molecule has 0 spiro atoms. The molecule has 16 heavy (non-hydrogen) atoms. The monoisotopic (exact) mass is 235 g/mol. The van der Waals surface area contributed by atoms with E-state index in [9.17, 15) is 0 Å². The maximum absolute atomic E-state index is 4.43. The molecule has 0 aliphatic rings. The molecule has 0 amide bonds. The predicted molar refractivity (Wildman–Crippen MR) is 67.7 cm³/mol. The van der Waals surface area contributed by atoms with E-state index in [1.54, 1.807) is 11.3 Å². The standard InChI is InChI=1S/C12H17N3S/c1-10-14-12(9-16-10)3-5-13-7-11-4-6-15(2)8-11/h4,6,8-9,13H,3,5,7H2,1-2H3. The van der Waals surface area contributed by atoms with Crippen LogP contribution in [0.5, 0.6) is 0 Å². The first-order valence-electron chi connectivity index (χ1n) is 5.46. The molecule has 2 heterocycles. The number of nitrogens with zero attached hydrogens (tertiary/aromatic N) is 2. The second-order valence-electron chi connectivity index (χ2n) is 3.97. The Kier molecular flexibility index (Phi) is 3.74. The van der Waals surface area contributed by atoms with Crippen LogP contribution in [0, 0.1) is 6.92 Å². The lowest BCUT2D eigenvalue weighted by molar-refractivity contribution is 0.680. The Morgan fingerprint density at radius 1 is 1.50 bits per heavy atom. The molecule has 4 heteroatoms. The highest BCUT2D eigenvalue weighted by molar-refractivity contribution is 7.09. The van der Waals surface area contributed by atoms with E-state index in [1.165, 1.54) is 11.3 Å². The van der Waals surface area contributed by atoms with Gasteiger partial charge in [0.15, 0.2) is 0 Å². The van der Waals surface area contributed by atoms with Crippen molar-refractivity contribution in [2.24, 2.45) is 7.05 Å². The summed E-state index contributed by atoms with van der Waals surface area (Å²) < 4.78 is 2.07. The van der Waals surface area contributed by atoms with Crippen LogP contribution >= 0.6 is 11.3 Å². The third-order valence-electron chi connectivity index (χ3n) is 2.45. The highest BCUT2D eigenvalue weighted by Crippen LogP contribution is 2.07. The van der Waals surface area contributed by atoms with Gasteiger partial charge < -0.3 is 9.88 Å². The fourth-order valence-electron chi connectivity index (χ4n) is 1.64. The van der Waals surface area contributed by atoms with E-state index in [2.05, 4.69) is 38.7 Å². The molecule has 0 saturated carbocycles. The molecule has 0 atom stereocenters. The first-order valence-corrected chi connectivity index (χ1v) is 6.34. The van der Waals surface area contributed by atoms with Crippen LogP contribution in [0.3, 0.4) is 0 Å². The average molecular weight is 235 g/mol. The van der Waals surface area contributed by atoms with Gasteiger partial charge in [0.1, 0.15) is 0 Å². The minimum atomic E-state index is 0.934. The van der Waals surface area contributed by atoms with E-state index in [1.807, 2.05) is 14.0 Å². The number of nitrogens with one attached hydrogen (secondary N) is 1. The Balaban J connectivity index is 1.69. The summed E-state index contributed by atoms with van der Waals surface area (Å²) in [5.74, 6) is 0. The molecular weight excluding hydrogens is 218 g/mol. The van der Waals surface area contributed by atoms with Crippen molar-refractivity contribution in [2.75, 3.05) is 6.54 Å². The predicted octanol–water partition coefficient (Wildman–Crippen LogP) is 2.12. The zero-order valence-corrected chi connectivity index (χ0v) is 10.5. The van der Waals surface area contributed by atoms with E-state index < -0.39 is 0 Å². The van der Waals surface area contributed by atoms with Crippen molar-refractivity contribution in [2.45, 2.75) is 19.9 Å². The zero-order chi connectivity index (χ0) is 11.4. The van der Waals surface area contributed by atoms with E-state index in [4.69, 9.17) is 0 Å². The lowest BCUT2D eigenvalue weighted by atomic mass is 10.3. The molecule has 2 rings (SSSR count). The van der Waals surface area contributed by atoms with Gasteiger partial charge in [-0.3, -0.25) is 0 Å². The van der Waals surface area contributed by atoms with Crippen molar-refractivity contribution in [3.63, 3.8) is 0 Å². The van der Waals surface area contributed by atoms with Crippen LogP contribution in [-0.2, 0) is 20.0 Å². The van der Waals surface area contributed by atoms with Gasteiger partial charge in [0, 0.05) is 44.3 Å². The van der Waals surface area contributed by atoms with Gasteiger partial charge >= 0.3 is 0 Å². The molecule has 86 valence electrons. The summed E-state index contributed by atoms with van der Waals surface area (Å²) in [7, 11) is 2.04. The number of aryl methyl sites for hydroxylation is 2. The van der Waals surface area contributed by atoms with Crippen LogP contribution in [0.4, 0.5) is 0 Å². The lowest BCUT2D eigenvalue weighted by Crippen LogP contribution is -2.16. The van der Waals surface area contributed by atoms with E-state index in [0.717, 1.165) is 24.5 Å². The average Bonchev–Trinajstić information content (AvgIpc) is 2.83. The molecule has 0 aliphatic heterocycles. The fourth-order valence-corrected chi connectivity index (χ4v) is 2.28. The molecule has 0 aromatic carbocycles. The number of rotatable bonds is 5. The zero-order valence-electron chi connectivity index (χ0n) is 9.73. The van der Waals surface area contributed by atoms with Crippen molar-refractivity contribution in [1.82, 2.24) is 14.9 Å². The van der Waals surface area contributed by atoms with Crippen LogP contribution in [0.15, 0.2) is 23.8 Å². The van der Waals surface area contributed by atoms with Crippen molar-refractivity contribution in [3.8, 4) is 0 Å². The minimum Gasteiger partial charge on any atom is -0.357 e. The van der Waals surface area contributed by atoms with Gasteiger partial charge in [0.2, 0.25) is 0 Å². The minimum absolute atomic E-state index is 0.934. The highest BCUT2D eigenvalue weighted by atomic mass is 32.1. The molecule has 0 bridgehead atoms. The van der Waals surface area contributed by atoms with Crippen molar-refractivity contribution < 1.29 is 0 Å².